The first-order valence-electron chi connectivity index (χ1n) is 11.7. The summed E-state index contributed by atoms with van der Waals surface area (Å²) in [6, 6.07) is 12.2. The van der Waals surface area contributed by atoms with E-state index in [1.165, 1.54) is 34.4 Å². The van der Waals surface area contributed by atoms with Crippen molar-refractivity contribution in [3.8, 4) is 11.3 Å². The molecule has 0 saturated carbocycles. The first kappa shape index (κ1) is 20.8. The molecule has 0 spiro atoms. The molecular weight excluding hydrogens is 427 g/mol. The Morgan fingerprint density at radius 1 is 1.12 bits per heavy atom. The molecule has 0 unspecified atom stereocenters. The summed E-state index contributed by atoms with van der Waals surface area (Å²) in [5.74, 6) is 0.477. The van der Waals surface area contributed by atoms with E-state index in [1.807, 2.05) is 16.8 Å². The maximum Gasteiger partial charge on any atom is 0.161 e. The van der Waals surface area contributed by atoms with Crippen LogP contribution in [-0.4, -0.2) is 30.6 Å². The average molecular weight is 455 g/mol. The number of aromatic nitrogens is 5. The Labute approximate surface area is 197 Å². The van der Waals surface area contributed by atoms with Crippen LogP contribution < -0.4 is 5.32 Å². The average Bonchev–Trinajstić information content (AvgIpc) is 3.41. The molecule has 1 aliphatic carbocycles. The number of H-pyrrole nitrogens is 1. The minimum absolute atomic E-state index is 0.130. The molecule has 0 amide bonds. The highest BCUT2D eigenvalue weighted by molar-refractivity contribution is 5.85. The number of aromatic amines is 1. The lowest BCUT2D eigenvalue weighted by molar-refractivity contribution is 0.594. The van der Waals surface area contributed by atoms with Crippen LogP contribution in [0.3, 0.4) is 0 Å². The topological polar surface area (TPSA) is 70.9 Å². The van der Waals surface area contributed by atoms with E-state index in [2.05, 4.69) is 65.4 Å². The van der Waals surface area contributed by atoms with Crippen LogP contribution in [0.5, 0.6) is 0 Å². The third-order valence-electron chi connectivity index (χ3n) is 6.73. The minimum Gasteiger partial charge on any atom is -0.367 e. The third kappa shape index (κ3) is 3.52. The molecule has 0 aliphatic heterocycles. The van der Waals surface area contributed by atoms with Crippen molar-refractivity contribution in [3.63, 3.8) is 0 Å². The van der Waals surface area contributed by atoms with E-state index >= 15 is 0 Å². The first-order chi connectivity index (χ1) is 16.4. The van der Waals surface area contributed by atoms with Gasteiger partial charge in [-0.25, -0.2) is 9.37 Å². The van der Waals surface area contributed by atoms with Crippen LogP contribution in [0.4, 0.5) is 10.2 Å². The molecule has 0 radical (unpaired) electrons. The van der Waals surface area contributed by atoms with Crippen molar-refractivity contribution >= 4 is 22.4 Å². The summed E-state index contributed by atoms with van der Waals surface area (Å²) in [6.07, 6.45) is 7.67. The maximum atomic E-state index is 14.0. The van der Waals surface area contributed by atoms with Crippen LogP contribution in [0.2, 0.25) is 0 Å². The molecule has 172 valence electrons. The summed E-state index contributed by atoms with van der Waals surface area (Å²) < 4.78 is 15.8. The maximum absolute atomic E-state index is 14.0. The number of pyridine rings is 1. The van der Waals surface area contributed by atoms with Crippen LogP contribution in [0.15, 0.2) is 55.0 Å². The number of rotatable bonds is 3. The molecule has 0 saturated heterocycles. The predicted molar refractivity (Wildman–Crippen MR) is 133 cm³/mol. The number of aryl methyl sites for hydroxylation is 1. The van der Waals surface area contributed by atoms with Gasteiger partial charge in [-0.3, -0.25) is 4.98 Å². The second-order valence-corrected chi connectivity index (χ2v) is 10.2. The van der Waals surface area contributed by atoms with Gasteiger partial charge in [-0.15, -0.1) is 0 Å². The predicted octanol–water partition coefficient (Wildman–Crippen LogP) is 5.68. The molecule has 2 N–H and O–H groups in total. The van der Waals surface area contributed by atoms with Crippen molar-refractivity contribution in [1.82, 2.24) is 24.6 Å². The second-order valence-electron chi connectivity index (χ2n) is 10.2. The van der Waals surface area contributed by atoms with E-state index in [4.69, 9.17) is 4.98 Å². The van der Waals surface area contributed by atoms with E-state index in [1.54, 1.807) is 6.20 Å². The van der Waals surface area contributed by atoms with Gasteiger partial charge in [-0.1, -0.05) is 39.0 Å². The zero-order valence-electron chi connectivity index (χ0n) is 19.6. The molecule has 1 aromatic carbocycles. The largest absolute Gasteiger partial charge is 0.367 e. The number of hydrogen-bond acceptors (Lipinski definition) is 4. The fraction of sp³-hybridized carbons (Fsp3) is 0.296. The van der Waals surface area contributed by atoms with E-state index in [0.717, 1.165) is 36.3 Å². The summed E-state index contributed by atoms with van der Waals surface area (Å²) in [4.78, 5) is 12.5. The lowest BCUT2D eigenvalue weighted by Crippen LogP contribution is -2.28. The number of hydrogen-bond donors (Lipinski definition) is 2. The summed E-state index contributed by atoms with van der Waals surface area (Å²) in [5, 5.41) is 9.72. The van der Waals surface area contributed by atoms with Crippen molar-refractivity contribution in [2.24, 2.45) is 0 Å². The fourth-order valence-electron chi connectivity index (χ4n) is 5.00. The third-order valence-corrected chi connectivity index (χ3v) is 6.73. The summed E-state index contributed by atoms with van der Waals surface area (Å²) in [6.45, 7) is 6.44. The molecular formula is C27H27FN6. The van der Waals surface area contributed by atoms with Gasteiger partial charge >= 0.3 is 0 Å². The van der Waals surface area contributed by atoms with Gasteiger partial charge in [0.2, 0.25) is 0 Å². The van der Waals surface area contributed by atoms with Gasteiger partial charge in [-0.05, 0) is 42.4 Å². The monoisotopic (exact) mass is 454 g/mol. The van der Waals surface area contributed by atoms with E-state index in [-0.39, 0.29) is 17.3 Å². The van der Waals surface area contributed by atoms with Crippen LogP contribution in [0.25, 0.3) is 27.8 Å². The molecule has 0 fully saturated rings. The molecule has 6 nitrogen and oxygen atoms in total. The zero-order chi connectivity index (χ0) is 23.4. The molecule has 0 bridgehead atoms. The molecule has 5 aromatic rings. The number of nitrogens with one attached hydrogen (secondary N) is 2. The Hall–Kier alpha value is -3.74. The Kier molecular flexibility index (Phi) is 4.69. The molecule has 4 heterocycles. The van der Waals surface area contributed by atoms with Gasteiger partial charge in [0.05, 0.1) is 18.1 Å². The number of halogens is 1. The van der Waals surface area contributed by atoms with Crippen molar-refractivity contribution in [2.45, 2.75) is 51.5 Å². The lowest BCUT2D eigenvalue weighted by Gasteiger charge is -2.25. The van der Waals surface area contributed by atoms with Crippen LogP contribution >= 0.6 is 0 Å². The Balaban J connectivity index is 1.43. The molecule has 1 atom stereocenters. The Bertz CT molecular complexity index is 1520. The van der Waals surface area contributed by atoms with Gasteiger partial charge in [0.1, 0.15) is 11.6 Å². The van der Waals surface area contributed by atoms with Crippen LogP contribution in [0.1, 0.15) is 44.0 Å². The van der Waals surface area contributed by atoms with Crippen LogP contribution in [0, 0.1) is 5.82 Å². The van der Waals surface area contributed by atoms with Gasteiger partial charge in [0.15, 0.2) is 5.65 Å². The number of anilines is 1. The quantitative estimate of drug-likeness (QED) is 0.368. The SMILES string of the molecule is CC(C)(C)c1cnn2c(N[C@@H]3CCc4[nH]c5ccccc5c4C3)cc(-c3cncc(F)c3)nc12. The van der Waals surface area contributed by atoms with Crippen molar-refractivity contribution in [1.29, 1.82) is 0 Å². The fourth-order valence-corrected chi connectivity index (χ4v) is 5.00. The number of benzene rings is 1. The highest BCUT2D eigenvalue weighted by Gasteiger charge is 2.26. The smallest absolute Gasteiger partial charge is 0.161 e. The van der Waals surface area contributed by atoms with Crippen molar-refractivity contribution in [3.05, 3.63) is 77.6 Å². The molecule has 34 heavy (non-hydrogen) atoms. The normalized spacial score (nSPS) is 16.2. The lowest BCUT2D eigenvalue weighted by atomic mass is 9.89. The van der Waals surface area contributed by atoms with Crippen LogP contribution in [-0.2, 0) is 18.3 Å². The second kappa shape index (κ2) is 7.65. The van der Waals surface area contributed by atoms with Gasteiger partial charge in [0.25, 0.3) is 0 Å². The van der Waals surface area contributed by atoms with Crippen molar-refractivity contribution < 1.29 is 4.39 Å². The Morgan fingerprint density at radius 3 is 2.79 bits per heavy atom. The Morgan fingerprint density at radius 2 is 1.97 bits per heavy atom. The number of nitrogens with zero attached hydrogens (tertiary/aromatic N) is 4. The van der Waals surface area contributed by atoms with Crippen molar-refractivity contribution in [2.75, 3.05) is 5.32 Å². The minimum atomic E-state index is -0.377. The summed E-state index contributed by atoms with van der Waals surface area (Å²) in [7, 11) is 0. The van der Waals surface area contributed by atoms with E-state index in [0.29, 0.717) is 11.3 Å². The number of para-hydroxylation sites is 1. The standard InChI is InChI=1S/C27H27FN6/c1-27(2,3)21-15-30-34-25(12-24(33-26(21)34)16-10-17(28)14-29-13-16)31-18-8-9-23-20(11-18)19-6-4-5-7-22(19)32-23/h4-7,10,12-15,18,31-32H,8-9,11H2,1-3H3/t18-/m1/s1. The van der Waals surface area contributed by atoms with E-state index < -0.39 is 0 Å². The summed E-state index contributed by atoms with van der Waals surface area (Å²) in [5.41, 5.74) is 6.93. The summed E-state index contributed by atoms with van der Waals surface area (Å²) >= 11 is 0. The zero-order valence-corrected chi connectivity index (χ0v) is 19.6. The molecule has 1 aliphatic rings. The van der Waals surface area contributed by atoms with Gasteiger partial charge < -0.3 is 10.3 Å². The number of fused-ring (bicyclic) bond motifs is 4. The molecule has 6 rings (SSSR count). The highest BCUT2D eigenvalue weighted by Crippen LogP contribution is 2.33. The highest BCUT2D eigenvalue weighted by atomic mass is 19.1. The first-order valence-corrected chi connectivity index (χ1v) is 11.7. The van der Waals surface area contributed by atoms with E-state index in [9.17, 15) is 4.39 Å². The van der Waals surface area contributed by atoms with Gasteiger partial charge in [0, 0.05) is 46.0 Å². The molecule has 4 aromatic heterocycles. The molecule has 7 heteroatoms. The van der Waals surface area contributed by atoms with Gasteiger partial charge in [-0.2, -0.15) is 9.61 Å².